The van der Waals surface area contributed by atoms with Crippen LogP contribution in [0.1, 0.15) is 30.5 Å². The molecule has 0 radical (unpaired) electrons. The van der Waals surface area contributed by atoms with Crippen LogP contribution in [0.15, 0.2) is 46.0 Å². The monoisotopic (exact) mass is 319 g/mol. The van der Waals surface area contributed by atoms with Gasteiger partial charge in [0.2, 0.25) is 0 Å². The van der Waals surface area contributed by atoms with E-state index in [-0.39, 0.29) is 12.6 Å². The smallest absolute Gasteiger partial charge is 0.0649 e. The van der Waals surface area contributed by atoms with E-state index in [1.54, 1.807) is 0 Å². The SMILES string of the molecule is C[C@H]1CC(NC(CO)Cc2ccccc2)c2ccsc2S1. The van der Waals surface area contributed by atoms with Crippen molar-refractivity contribution in [3.05, 3.63) is 52.9 Å². The van der Waals surface area contributed by atoms with Crippen LogP contribution in [0.5, 0.6) is 0 Å². The van der Waals surface area contributed by atoms with E-state index >= 15 is 0 Å². The molecule has 1 aliphatic rings. The third kappa shape index (κ3) is 3.69. The van der Waals surface area contributed by atoms with Crippen LogP contribution in [0.4, 0.5) is 0 Å². The van der Waals surface area contributed by atoms with Crippen molar-refractivity contribution < 1.29 is 5.11 Å². The fourth-order valence-electron chi connectivity index (χ4n) is 2.87. The van der Waals surface area contributed by atoms with E-state index in [0.717, 1.165) is 12.8 Å². The number of hydrogen-bond acceptors (Lipinski definition) is 4. The summed E-state index contributed by atoms with van der Waals surface area (Å²) in [5, 5.41) is 16.2. The summed E-state index contributed by atoms with van der Waals surface area (Å²) in [5.74, 6) is 0. The number of benzene rings is 1. The summed E-state index contributed by atoms with van der Waals surface area (Å²) in [6.45, 7) is 2.46. The van der Waals surface area contributed by atoms with Gasteiger partial charge in [-0.25, -0.2) is 0 Å². The molecule has 0 bridgehead atoms. The van der Waals surface area contributed by atoms with Crippen molar-refractivity contribution in [2.24, 2.45) is 0 Å². The van der Waals surface area contributed by atoms with E-state index in [9.17, 15) is 5.11 Å². The topological polar surface area (TPSA) is 32.3 Å². The fourth-order valence-corrected chi connectivity index (χ4v) is 5.43. The van der Waals surface area contributed by atoms with E-state index in [1.807, 2.05) is 29.2 Å². The second-order valence-corrected chi connectivity index (χ2v) is 8.24. The Bertz CT molecular complexity index is 569. The van der Waals surface area contributed by atoms with E-state index in [2.05, 4.69) is 48.0 Å². The van der Waals surface area contributed by atoms with Crippen molar-refractivity contribution in [2.45, 2.75) is 41.3 Å². The lowest BCUT2D eigenvalue weighted by atomic mass is 10.0. The van der Waals surface area contributed by atoms with Crippen molar-refractivity contribution in [1.29, 1.82) is 0 Å². The molecule has 0 aliphatic carbocycles. The number of aliphatic hydroxyl groups excluding tert-OH is 1. The molecule has 0 spiro atoms. The molecule has 112 valence electrons. The molecule has 2 unspecified atom stereocenters. The Hall–Kier alpha value is -0.810. The van der Waals surface area contributed by atoms with Crippen molar-refractivity contribution in [2.75, 3.05) is 6.61 Å². The lowest BCUT2D eigenvalue weighted by molar-refractivity contribution is 0.227. The standard InChI is InChI=1S/C17H21NOS2/c1-12-9-16(15-7-8-20-17(15)21-12)18-14(11-19)10-13-5-3-2-4-6-13/h2-8,12,14,16,18-19H,9-11H2,1H3/t12-,14?,16?/m0/s1. The van der Waals surface area contributed by atoms with Crippen LogP contribution in [-0.4, -0.2) is 23.0 Å². The van der Waals surface area contributed by atoms with Crippen LogP contribution in [-0.2, 0) is 6.42 Å². The molecule has 0 saturated carbocycles. The van der Waals surface area contributed by atoms with Crippen LogP contribution in [0.2, 0.25) is 0 Å². The number of thioether (sulfide) groups is 1. The second kappa shape index (κ2) is 6.97. The van der Waals surface area contributed by atoms with Gasteiger partial charge in [0.05, 0.1) is 10.8 Å². The van der Waals surface area contributed by atoms with Gasteiger partial charge in [0.25, 0.3) is 0 Å². The summed E-state index contributed by atoms with van der Waals surface area (Å²) in [6.07, 6.45) is 1.99. The largest absolute Gasteiger partial charge is 0.395 e. The molecule has 1 aliphatic heterocycles. The summed E-state index contributed by atoms with van der Waals surface area (Å²) in [7, 11) is 0. The van der Waals surface area contributed by atoms with Crippen LogP contribution >= 0.6 is 23.1 Å². The van der Waals surface area contributed by atoms with E-state index in [1.165, 1.54) is 15.3 Å². The lowest BCUT2D eigenvalue weighted by Gasteiger charge is -2.31. The molecule has 0 fully saturated rings. The molecule has 0 saturated heterocycles. The first kappa shape index (κ1) is 15.1. The van der Waals surface area contributed by atoms with Gasteiger partial charge in [0, 0.05) is 17.3 Å². The minimum Gasteiger partial charge on any atom is -0.395 e. The Morgan fingerprint density at radius 3 is 2.86 bits per heavy atom. The van der Waals surface area contributed by atoms with Crippen molar-refractivity contribution in [1.82, 2.24) is 5.32 Å². The van der Waals surface area contributed by atoms with Crippen LogP contribution < -0.4 is 5.32 Å². The minimum absolute atomic E-state index is 0.112. The van der Waals surface area contributed by atoms with Crippen molar-refractivity contribution in [3.8, 4) is 0 Å². The maximum absolute atomic E-state index is 9.72. The Morgan fingerprint density at radius 2 is 2.10 bits per heavy atom. The quantitative estimate of drug-likeness (QED) is 0.877. The molecule has 2 N–H and O–H groups in total. The summed E-state index contributed by atoms with van der Waals surface area (Å²) in [4.78, 5) is 0. The zero-order valence-electron chi connectivity index (χ0n) is 12.2. The number of nitrogens with one attached hydrogen (secondary N) is 1. The van der Waals surface area contributed by atoms with Gasteiger partial charge < -0.3 is 10.4 Å². The number of fused-ring (bicyclic) bond motifs is 1. The van der Waals surface area contributed by atoms with Crippen LogP contribution in [0.25, 0.3) is 0 Å². The number of rotatable bonds is 5. The maximum Gasteiger partial charge on any atom is 0.0649 e. The van der Waals surface area contributed by atoms with Gasteiger partial charge in [-0.05, 0) is 35.4 Å². The Balaban J connectivity index is 1.70. The molecule has 2 aromatic rings. The Morgan fingerprint density at radius 1 is 1.29 bits per heavy atom. The van der Waals surface area contributed by atoms with Gasteiger partial charge in [-0.3, -0.25) is 0 Å². The number of thiophene rings is 1. The first-order chi connectivity index (χ1) is 10.3. The highest BCUT2D eigenvalue weighted by Gasteiger charge is 2.27. The molecule has 1 aromatic heterocycles. The minimum atomic E-state index is 0.112. The van der Waals surface area contributed by atoms with Gasteiger partial charge in [-0.15, -0.1) is 23.1 Å². The van der Waals surface area contributed by atoms with Crippen molar-refractivity contribution in [3.63, 3.8) is 0 Å². The Labute approximate surface area is 134 Å². The van der Waals surface area contributed by atoms with Crippen molar-refractivity contribution >= 4 is 23.1 Å². The van der Waals surface area contributed by atoms with Crippen LogP contribution in [0, 0.1) is 0 Å². The molecule has 0 amide bonds. The highest BCUT2D eigenvalue weighted by molar-refractivity contribution is 8.01. The lowest BCUT2D eigenvalue weighted by Crippen LogP contribution is -2.39. The van der Waals surface area contributed by atoms with E-state index in [0.29, 0.717) is 11.3 Å². The maximum atomic E-state index is 9.72. The highest BCUT2D eigenvalue weighted by Crippen LogP contribution is 2.43. The first-order valence-electron chi connectivity index (χ1n) is 7.41. The predicted octanol–water partition coefficient (Wildman–Crippen LogP) is 3.87. The molecule has 3 atom stereocenters. The molecular formula is C17H21NOS2. The van der Waals surface area contributed by atoms with E-state index < -0.39 is 0 Å². The summed E-state index contributed by atoms with van der Waals surface area (Å²) >= 11 is 3.81. The molecule has 2 nitrogen and oxygen atoms in total. The first-order valence-corrected chi connectivity index (χ1v) is 9.17. The summed E-state index contributed by atoms with van der Waals surface area (Å²) in [5.41, 5.74) is 2.68. The third-order valence-electron chi connectivity index (χ3n) is 3.89. The number of aliphatic hydroxyl groups is 1. The molecule has 21 heavy (non-hydrogen) atoms. The van der Waals surface area contributed by atoms with Gasteiger partial charge in [-0.1, -0.05) is 37.3 Å². The average molecular weight is 319 g/mol. The van der Waals surface area contributed by atoms with Gasteiger partial charge in [0.1, 0.15) is 0 Å². The zero-order chi connectivity index (χ0) is 14.7. The zero-order valence-corrected chi connectivity index (χ0v) is 13.8. The van der Waals surface area contributed by atoms with E-state index in [4.69, 9.17) is 0 Å². The number of hydrogen-bond donors (Lipinski definition) is 2. The summed E-state index contributed by atoms with van der Waals surface area (Å²) in [6, 6.07) is 13.1. The molecular weight excluding hydrogens is 298 g/mol. The van der Waals surface area contributed by atoms with Crippen LogP contribution in [0.3, 0.4) is 0 Å². The second-order valence-electron chi connectivity index (χ2n) is 5.62. The molecule has 2 heterocycles. The fraction of sp³-hybridized carbons (Fsp3) is 0.412. The normalized spacial score (nSPS) is 22.8. The predicted molar refractivity (Wildman–Crippen MR) is 91.2 cm³/mol. The van der Waals surface area contributed by atoms with Gasteiger partial charge >= 0.3 is 0 Å². The highest BCUT2D eigenvalue weighted by atomic mass is 32.2. The molecule has 1 aromatic carbocycles. The molecule has 3 rings (SSSR count). The summed E-state index contributed by atoms with van der Waals surface area (Å²) < 4.78 is 1.43. The van der Waals surface area contributed by atoms with Gasteiger partial charge in [-0.2, -0.15) is 0 Å². The Kier molecular flexibility index (Phi) is 5.01. The van der Waals surface area contributed by atoms with Gasteiger partial charge in [0.15, 0.2) is 0 Å². The average Bonchev–Trinajstić information content (AvgIpc) is 2.96. The molecule has 4 heteroatoms. The third-order valence-corrected chi connectivity index (χ3v) is 6.24.